The Morgan fingerprint density at radius 3 is 2.22 bits per heavy atom. The summed E-state index contributed by atoms with van der Waals surface area (Å²) in [5, 5.41) is 5.70. The molecule has 7 heteroatoms. The van der Waals surface area contributed by atoms with Gasteiger partial charge < -0.3 is 15.4 Å². The standard InChI is InChI=1S/C20H21N3O4/c1-27-20(26)13-6-8-17(9-7-13)23-19(25)15-10-14(11-21-12-15)18(24)22-16-4-2-3-5-16/h6-12,16H,2-5H2,1H3,(H,22,24)(H,23,25). The first-order valence-corrected chi connectivity index (χ1v) is 8.82. The van der Waals surface area contributed by atoms with E-state index in [9.17, 15) is 14.4 Å². The summed E-state index contributed by atoms with van der Waals surface area (Å²) in [7, 11) is 1.31. The molecule has 140 valence electrons. The van der Waals surface area contributed by atoms with Gasteiger partial charge in [0.15, 0.2) is 0 Å². The van der Waals surface area contributed by atoms with E-state index >= 15 is 0 Å². The largest absolute Gasteiger partial charge is 0.465 e. The van der Waals surface area contributed by atoms with Gasteiger partial charge in [0, 0.05) is 24.1 Å². The van der Waals surface area contributed by atoms with Crippen LogP contribution in [0.25, 0.3) is 0 Å². The number of hydrogen-bond donors (Lipinski definition) is 2. The first-order chi connectivity index (χ1) is 13.1. The van der Waals surface area contributed by atoms with Crippen LogP contribution < -0.4 is 10.6 Å². The summed E-state index contributed by atoms with van der Waals surface area (Å²) in [5.74, 6) is -1.05. The number of amides is 2. The molecule has 0 saturated heterocycles. The average molecular weight is 367 g/mol. The quantitative estimate of drug-likeness (QED) is 0.792. The predicted octanol–water partition coefficient (Wildman–Crippen LogP) is 2.79. The number of rotatable bonds is 5. The number of esters is 1. The van der Waals surface area contributed by atoms with Crippen LogP contribution in [0.4, 0.5) is 5.69 Å². The second kappa shape index (κ2) is 8.44. The molecular weight excluding hydrogens is 346 g/mol. The lowest BCUT2D eigenvalue weighted by Crippen LogP contribution is -2.32. The number of carbonyl (C=O) groups excluding carboxylic acids is 3. The molecule has 1 fully saturated rings. The highest BCUT2D eigenvalue weighted by Gasteiger charge is 2.19. The second-order valence-electron chi connectivity index (χ2n) is 6.44. The maximum Gasteiger partial charge on any atom is 0.337 e. The number of aromatic nitrogens is 1. The molecule has 0 spiro atoms. The van der Waals surface area contributed by atoms with E-state index in [-0.39, 0.29) is 23.4 Å². The summed E-state index contributed by atoms with van der Waals surface area (Å²) in [4.78, 5) is 40.2. The van der Waals surface area contributed by atoms with Crippen molar-refractivity contribution in [3.8, 4) is 0 Å². The van der Waals surface area contributed by atoms with Gasteiger partial charge in [-0.3, -0.25) is 14.6 Å². The molecular formula is C20H21N3O4. The van der Waals surface area contributed by atoms with Gasteiger partial charge in [-0.05, 0) is 43.2 Å². The van der Waals surface area contributed by atoms with Crippen LogP contribution in [-0.4, -0.2) is 35.9 Å². The van der Waals surface area contributed by atoms with Crippen LogP contribution in [-0.2, 0) is 4.74 Å². The van der Waals surface area contributed by atoms with Crippen LogP contribution in [0.2, 0.25) is 0 Å². The van der Waals surface area contributed by atoms with Gasteiger partial charge in [-0.2, -0.15) is 0 Å². The van der Waals surface area contributed by atoms with Crippen molar-refractivity contribution >= 4 is 23.5 Å². The second-order valence-corrected chi connectivity index (χ2v) is 6.44. The van der Waals surface area contributed by atoms with Gasteiger partial charge in [0.05, 0.1) is 23.8 Å². The van der Waals surface area contributed by atoms with E-state index in [1.54, 1.807) is 24.3 Å². The fourth-order valence-electron chi connectivity index (χ4n) is 3.04. The maximum atomic E-state index is 12.4. The van der Waals surface area contributed by atoms with Gasteiger partial charge in [-0.25, -0.2) is 4.79 Å². The van der Waals surface area contributed by atoms with E-state index in [2.05, 4.69) is 20.4 Å². The van der Waals surface area contributed by atoms with E-state index in [4.69, 9.17) is 0 Å². The number of carbonyl (C=O) groups is 3. The molecule has 1 aliphatic carbocycles. The molecule has 0 atom stereocenters. The van der Waals surface area contributed by atoms with Crippen LogP contribution in [0, 0.1) is 0 Å². The van der Waals surface area contributed by atoms with Gasteiger partial charge >= 0.3 is 5.97 Å². The molecule has 3 rings (SSSR count). The zero-order chi connectivity index (χ0) is 19.2. The normalized spacial score (nSPS) is 13.8. The van der Waals surface area contributed by atoms with Crippen molar-refractivity contribution in [2.45, 2.75) is 31.7 Å². The molecule has 1 aromatic heterocycles. The average Bonchev–Trinajstić information content (AvgIpc) is 3.21. The Morgan fingerprint density at radius 1 is 0.963 bits per heavy atom. The number of methoxy groups -OCH3 is 1. The third kappa shape index (κ3) is 4.69. The number of anilines is 1. The number of nitrogens with zero attached hydrogens (tertiary/aromatic N) is 1. The molecule has 7 nitrogen and oxygen atoms in total. The zero-order valence-electron chi connectivity index (χ0n) is 15.0. The summed E-state index contributed by atoms with van der Waals surface area (Å²) in [5.41, 5.74) is 1.55. The highest BCUT2D eigenvalue weighted by molar-refractivity contribution is 6.06. The van der Waals surface area contributed by atoms with Crippen molar-refractivity contribution in [3.05, 3.63) is 59.4 Å². The Balaban J connectivity index is 1.66. The van der Waals surface area contributed by atoms with Crippen LogP contribution in [0.3, 0.4) is 0 Å². The van der Waals surface area contributed by atoms with Crippen LogP contribution in [0.15, 0.2) is 42.7 Å². The minimum absolute atomic E-state index is 0.198. The monoisotopic (exact) mass is 367 g/mol. The lowest BCUT2D eigenvalue weighted by molar-refractivity contribution is 0.0600. The molecule has 2 aromatic rings. The topological polar surface area (TPSA) is 97.4 Å². The maximum absolute atomic E-state index is 12.4. The highest BCUT2D eigenvalue weighted by Crippen LogP contribution is 2.18. The predicted molar refractivity (Wildman–Crippen MR) is 99.7 cm³/mol. The molecule has 27 heavy (non-hydrogen) atoms. The third-order valence-electron chi connectivity index (χ3n) is 4.52. The van der Waals surface area contributed by atoms with E-state index in [1.807, 2.05) is 0 Å². The van der Waals surface area contributed by atoms with Crippen molar-refractivity contribution in [1.82, 2.24) is 10.3 Å². The number of benzene rings is 1. The molecule has 0 radical (unpaired) electrons. The van der Waals surface area contributed by atoms with Gasteiger partial charge in [0.1, 0.15) is 0 Å². The molecule has 0 aliphatic heterocycles. The van der Waals surface area contributed by atoms with Gasteiger partial charge in [-0.15, -0.1) is 0 Å². The van der Waals surface area contributed by atoms with Crippen molar-refractivity contribution in [2.24, 2.45) is 0 Å². The Labute approximate surface area is 157 Å². The van der Waals surface area contributed by atoms with Gasteiger partial charge in [-0.1, -0.05) is 12.8 Å². The zero-order valence-corrected chi connectivity index (χ0v) is 15.0. The Bertz CT molecular complexity index is 843. The van der Waals surface area contributed by atoms with Gasteiger partial charge in [0.25, 0.3) is 11.8 Å². The Hall–Kier alpha value is -3.22. The summed E-state index contributed by atoms with van der Waals surface area (Å²) in [6.45, 7) is 0. The lowest BCUT2D eigenvalue weighted by atomic mass is 10.1. The number of ether oxygens (including phenoxy) is 1. The van der Waals surface area contributed by atoms with E-state index in [1.165, 1.54) is 25.6 Å². The molecule has 1 aliphatic rings. The van der Waals surface area contributed by atoms with Crippen LogP contribution in [0.5, 0.6) is 0 Å². The lowest BCUT2D eigenvalue weighted by Gasteiger charge is -2.12. The summed E-state index contributed by atoms with van der Waals surface area (Å²) in [6.07, 6.45) is 7.08. The number of nitrogens with one attached hydrogen (secondary N) is 2. The van der Waals surface area contributed by atoms with Crippen LogP contribution >= 0.6 is 0 Å². The van der Waals surface area contributed by atoms with Crippen LogP contribution in [0.1, 0.15) is 56.8 Å². The molecule has 0 bridgehead atoms. The first-order valence-electron chi connectivity index (χ1n) is 8.82. The van der Waals surface area contributed by atoms with Crippen molar-refractivity contribution in [1.29, 1.82) is 0 Å². The smallest absolute Gasteiger partial charge is 0.337 e. The molecule has 1 heterocycles. The molecule has 0 unspecified atom stereocenters. The SMILES string of the molecule is COC(=O)c1ccc(NC(=O)c2cncc(C(=O)NC3CCCC3)c2)cc1. The third-order valence-corrected chi connectivity index (χ3v) is 4.52. The summed E-state index contributed by atoms with van der Waals surface area (Å²) in [6, 6.07) is 8.05. The first kappa shape index (κ1) is 18.6. The summed E-state index contributed by atoms with van der Waals surface area (Å²) >= 11 is 0. The summed E-state index contributed by atoms with van der Waals surface area (Å²) < 4.78 is 4.64. The Morgan fingerprint density at radius 2 is 1.59 bits per heavy atom. The minimum Gasteiger partial charge on any atom is -0.465 e. The fourth-order valence-corrected chi connectivity index (χ4v) is 3.04. The van der Waals surface area contributed by atoms with Crippen molar-refractivity contribution in [3.63, 3.8) is 0 Å². The molecule has 1 aromatic carbocycles. The van der Waals surface area contributed by atoms with E-state index in [0.29, 0.717) is 16.8 Å². The fraction of sp³-hybridized carbons (Fsp3) is 0.300. The van der Waals surface area contributed by atoms with Crippen molar-refractivity contribution in [2.75, 3.05) is 12.4 Å². The number of pyridine rings is 1. The highest BCUT2D eigenvalue weighted by atomic mass is 16.5. The van der Waals surface area contributed by atoms with Crippen molar-refractivity contribution < 1.29 is 19.1 Å². The molecule has 1 saturated carbocycles. The Kier molecular flexibility index (Phi) is 5.80. The minimum atomic E-state index is -0.446. The molecule has 2 amide bonds. The number of hydrogen-bond acceptors (Lipinski definition) is 5. The van der Waals surface area contributed by atoms with Gasteiger partial charge in [0.2, 0.25) is 0 Å². The van der Waals surface area contributed by atoms with E-state index in [0.717, 1.165) is 25.7 Å². The molecule has 2 N–H and O–H groups in total. The van der Waals surface area contributed by atoms with E-state index < -0.39 is 5.97 Å².